The molecule has 0 aliphatic carbocycles. The first-order valence-electron chi connectivity index (χ1n) is 6.20. The maximum atomic E-state index is 10.8. The standard InChI is InChI=1S/C15H20O4/c1-4-15(16)18-10-9-17-13(3)19-11-14-8-6-5-7-12(14)2/h4-8,13H,1,9-11H2,2-3H3. The van der Waals surface area contributed by atoms with E-state index in [9.17, 15) is 4.79 Å². The summed E-state index contributed by atoms with van der Waals surface area (Å²) in [7, 11) is 0. The van der Waals surface area contributed by atoms with E-state index in [1.165, 1.54) is 5.56 Å². The average Bonchev–Trinajstić information content (AvgIpc) is 2.42. The number of rotatable bonds is 8. The van der Waals surface area contributed by atoms with Crippen molar-refractivity contribution in [2.75, 3.05) is 13.2 Å². The molecule has 0 aliphatic heterocycles. The number of benzene rings is 1. The summed E-state index contributed by atoms with van der Waals surface area (Å²) in [6, 6.07) is 8.03. The van der Waals surface area contributed by atoms with Gasteiger partial charge in [-0.15, -0.1) is 0 Å². The van der Waals surface area contributed by atoms with Crippen LogP contribution in [-0.4, -0.2) is 25.5 Å². The van der Waals surface area contributed by atoms with E-state index in [1.54, 1.807) is 0 Å². The van der Waals surface area contributed by atoms with Gasteiger partial charge in [-0.3, -0.25) is 0 Å². The van der Waals surface area contributed by atoms with Crippen LogP contribution in [0.25, 0.3) is 0 Å². The van der Waals surface area contributed by atoms with Crippen molar-refractivity contribution >= 4 is 5.97 Å². The molecule has 0 fully saturated rings. The Morgan fingerprint density at radius 1 is 1.32 bits per heavy atom. The van der Waals surface area contributed by atoms with Crippen LogP contribution in [0.1, 0.15) is 18.1 Å². The number of aryl methyl sites for hydroxylation is 1. The van der Waals surface area contributed by atoms with Crippen LogP contribution in [0.5, 0.6) is 0 Å². The highest BCUT2D eigenvalue weighted by Gasteiger charge is 2.04. The lowest BCUT2D eigenvalue weighted by Crippen LogP contribution is -2.17. The van der Waals surface area contributed by atoms with Gasteiger partial charge in [0.1, 0.15) is 6.61 Å². The molecule has 0 heterocycles. The van der Waals surface area contributed by atoms with Gasteiger partial charge in [-0.1, -0.05) is 30.8 Å². The predicted octanol–water partition coefficient (Wildman–Crippen LogP) is 2.60. The molecule has 1 unspecified atom stereocenters. The second-order valence-corrected chi connectivity index (χ2v) is 4.05. The molecule has 1 aromatic rings. The third kappa shape index (κ3) is 6.18. The molecule has 0 spiro atoms. The van der Waals surface area contributed by atoms with Crippen molar-refractivity contribution in [2.24, 2.45) is 0 Å². The average molecular weight is 264 g/mol. The van der Waals surface area contributed by atoms with Gasteiger partial charge in [-0.25, -0.2) is 4.79 Å². The van der Waals surface area contributed by atoms with Crippen molar-refractivity contribution in [2.45, 2.75) is 26.7 Å². The SMILES string of the molecule is C=CC(=O)OCCOC(C)OCc1ccccc1C. The number of hydrogen-bond acceptors (Lipinski definition) is 4. The Balaban J connectivity index is 2.18. The quantitative estimate of drug-likeness (QED) is 0.313. The number of esters is 1. The van der Waals surface area contributed by atoms with Crippen LogP contribution >= 0.6 is 0 Å². The molecule has 0 amide bonds. The minimum absolute atomic E-state index is 0.197. The van der Waals surface area contributed by atoms with Crippen molar-refractivity contribution in [3.63, 3.8) is 0 Å². The highest BCUT2D eigenvalue weighted by molar-refractivity contribution is 5.81. The summed E-state index contributed by atoms with van der Waals surface area (Å²) in [6.07, 6.45) is 0.778. The van der Waals surface area contributed by atoms with E-state index in [1.807, 2.05) is 38.1 Å². The molecule has 19 heavy (non-hydrogen) atoms. The first kappa shape index (κ1) is 15.4. The first-order chi connectivity index (χ1) is 9.13. The predicted molar refractivity (Wildman–Crippen MR) is 72.5 cm³/mol. The summed E-state index contributed by atoms with van der Waals surface area (Å²) in [4.78, 5) is 10.8. The Bertz CT molecular complexity index is 414. The highest BCUT2D eigenvalue weighted by atomic mass is 16.7. The molecule has 1 atom stereocenters. The zero-order valence-electron chi connectivity index (χ0n) is 11.4. The molecule has 1 aromatic carbocycles. The van der Waals surface area contributed by atoms with E-state index < -0.39 is 5.97 Å². The molecule has 0 N–H and O–H groups in total. The first-order valence-corrected chi connectivity index (χ1v) is 6.20. The van der Waals surface area contributed by atoms with E-state index in [2.05, 4.69) is 6.58 Å². The molecule has 0 saturated heterocycles. The number of carbonyl (C=O) groups is 1. The summed E-state index contributed by atoms with van der Waals surface area (Å²) in [5.74, 6) is -0.447. The largest absolute Gasteiger partial charge is 0.460 e. The van der Waals surface area contributed by atoms with E-state index in [0.717, 1.165) is 11.6 Å². The molecular weight excluding hydrogens is 244 g/mol. The second kappa shape index (κ2) is 8.45. The van der Waals surface area contributed by atoms with Gasteiger partial charge >= 0.3 is 5.97 Å². The van der Waals surface area contributed by atoms with Gasteiger partial charge in [0.2, 0.25) is 0 Å². The Labute approximate surface area is 114 Å². The van der Waals surface area contributed by atoms with Gasteiger partial charge in [0, 0.05) is 6.08 Å². The molecule has 0 saturated carbocycles. The van der Waals surface area contributed by atoms with Gasteiger partial charge in [-0.2, -0.15) is 0 Å². The van der Waals surface area contributed by atoms with Gasteiger partial charge < -0.3 is 14.2 Å². The zero-order valence-corrected chi connectivity index (χ0v) is 11.4. The number of ether oxygens (including phenoxy) is 3. The van der Waals surface area contributed by atoms with E-state index >= 15 is 0 Å². The topological polar surface area (TPSA) is 44.8 Å². The van der Waals surface area contributed by atoms with Gasteiger partial charge in [-0.05, 0) is 25.0 Å². The number of hydrogen-bond donors (Lipinski definition) is 0. The molecule has 0 radical (unpaired) electrons. The lowest BCUT2D eigenvalue weighted by Gasteiger charge is -2.15. The molecule has 1 rings (SSSR count). The summed E-state index contributed by atoms with van der Waals surface area (Å²) in [5, 5.41) is 0. The molecular formula is C15H20O4. The maximum absolute atomic E-state index is 10.8. The summed E-state index contributed by atoms with van der Waals surface area (Å²) >= 11 is 0. The summed E-state index contributed by atoms with van der Waals surface area (Å²) in [6.45, 7) is 8.16. The zero-order chi connectivity index (χ0) is 14.1. The fourth-order valence-corrected chi connectivity index (χ4v) is 1.44. The molecule has 4 heteroatoms. The Morgan fingerprint density at radius 3 is 2.74 bits per heavy atom. The molecule has 0 bridgehead atoms. The third-order valence-corrected chi connectivity index (χ3v) is 2.58. The molecule has 0 aliphatic rings. The van der Waals surface area contributed by atoms with Crippen LogP contribution in [0, 0.1) is 6.92 Å². The van der Waals surface area contributed by atoms with Crippen LogP contribution in [0.3, 0.4) is 0 Å². The van der Waals surface area contributed by atoms with Crippen molar-refractivity contribution in [1.82, 2.24) is 0 Å². The fraction of sp³-hybridized carbons (Fsp3) is 0.400. The normalized spacial score (nSPS) is 11.9. The van der Waals surface area contributed by atoms with E-state index in [0.29, 0.717) is 13.2 Å². The van der Waals surface area contributed by atoms with Crippen molar-refractivity contribution in [1.29, 1.82) is 0 Å². The Hall–Kier alpha value is -1.65. The highest BCUT2D eigenvalue weighted by Crippen LogP contribution is 2.09. The fourth-order valence-electron chi connectivity index (χ4n) is 1.44. The lowest BCUT2D eigenvalue weighted by atomic mass is 10.1. The number of carbonyl (C=O) groups excluding carboxylic acids is 1. The molecule has 4 nitrogen and oxygen atoms in total. The minimum atomic E-state index is -0.447. The minimum Gasteiger partial charge on any atom is -0.460 e. The smallest absolute Gasteiger partial charge is 0.330 e. The lowest BCUT2D eigenvalue weighted by molar-refractivity contribution is -0.156. The van der Waals surface area contributed by atoms with Gasteiger partial charge in [0.05, 0.1) is 13.2 Å². The van der Waals surface area contributed by atoms with E-state index in [4.69, 9.17) is 14.2 Å². The van der Waals surface area contributed by atoms with Crippen LogP contribution in [0.2, 0.25) is 0 Å². The Morgan fingerprint density at radius 2 is 2.05 bits per heavy atom. The maximum Gasteiger partial charge on any atom is 0.330 e. The van der Waals surface area contributed by atoms with Crippen LogP contribution in [0.15, 0.2) is 36.9 Å². The monoisotopic (exact) mass is 264 g/mol. The third-order valence-electron chi connectivity index (χ3n) is 2.58. The van der Waals surface area contributed by atoms with Gasteiger partial charge in [0.25, 0.3) is 0 Å². The van der Waals surface area contributed by atoms with Crippen LogP contribution in [0.4, 0.5) is 0 Å². The van der Waals surface area contributed by atoms with Crippen molar-refractivity contribution in [3.05, 3.63) is 48.0 Å². The summed E-state index contributed by atoms with van der Waals surface area (Å²) < 4.78 is 15.7. The van der Waals surface area contributed by atoms with Gasteiger partial charge in [0.15, 0.2) is 6.29 Å². The second-order valence-electron chi connectivity index (χ2n) is 4.05. The summed E-state index contributed by atoms with van der Waals surface area (Å²) in [5.41, 5.74) is 2.32. The molecule has 0 aromatic heterocycles. The van der Waals surface area contributed by atoms with Crippen LogP contribution < -0.4 is 0 Å². The van der Waals surface area contributed by atoms with E-state index in [-0.39, 0.29) is 12.9 Å². The molecule has 104 valence electrons. The Kier molecular flexibility index (Phi) is 6.85. The van der Waals surface area contributed by atoms with Crippen LogP contribution in [-0.2, 0) is 25.6 Å². The van der Waals surface area contributed by atoms with Crippen molar-refractivity contribution < 1.29 is 19.0 Å². The van der Waals surface area contributed by atoms with Crippen molar-refractivity contribution in [3.8, 4) is 0 Å².